The van der Waals surface area contributed by atoms with E-state index in [4.69, 9.17) is 22.9 Å². The first-order chi connectivity index (χ1) is 7.89. The fourth-order valence-corrected chi connectivity index (χ4v) is 1.42. The summed E-state index contributed by atoms with van der Waals surface area (Å²) in [5.41, 5.74) is 11.6. The molecule has 0 aromatic heterocycles. The second-order valence-electron chi connectivity index (χ2n) is 3.40. The van der Waals surface area contributed by atoms with E-state index in [1.165, 1.54) is 0 Å². The molecule has 102 valence electrons. The molecule has 0 saturated heterocycles. The maximum Gasteiger partial charge on any atom is 0.419 e. The number of halogens is 6. The maximum absolute atomic E-state index is 12.6. The van der Waals surface area contributed by atoms with E-state index in [1.54, 1.807) is 0 Å². The van der Waals surface area contributed by atoms with Crippen molar-refractivity contribution in [3.63, 3.8) is 0 Å². The highest BCUT2D eigenvalue weighted by Gasteiger charge is 2.47. The van der Waals surface area contributed by atoms with Crippen molar-refractivity contribution in [2.75, 3.05) is 22.9 Å². The Labute approximate surface area is 96.5 Å². The van der Waals surface area contributed by atoms with Crippen molar-refractivity contribution in [3.05, 3.63) is 11.1 Å². The van der Waals surface area contributed by atoms with Gasteiger partial charge in [-0.25, -0.2) is 0 Å². The SMILES string of the molecule is Nc1c(N)c(N)c(C(F)(F)F)c(C(F)(F)F)c1N. The van der Waals surface area contributed by atoms with E-state index in [0.717, 1.165) is 0 Å². The average Bonchev–Trinajstić information content (AvgIpc) is 2.16. The highest BCUT2D eigenvalue weighted by Crippen LogP contribution is 2.50. The number of rotatable bonds is 0. The molecular weight excluding hydrogens is 266 g/mol. The molecule has 10 heteroatoms. The van der Waals surface area contributed by atoms with Gasteiger partial charge in [0, 0.05) is 0 Å². The van der Waals surface area contributed by atoms with Crippen LogP contribution in [0.15, 0.2) is 0 Å². The van der Waals surface area contributed by atoms with Crippen LogP contribution in [-0.2, 0) is 12.4 Å². The van der Waals surface area contributed by atoms with Crippen molar-refractivity contribution < 1.29 is 26.3 Å². The fraction of sp³-hybridized carbons (Fsp3) is 0.250. The van der Waals surface area contributed by atoms with Crippen LogP contribution < -0.4 is 22.9 Å². The molecule has 4 nitrogen and oxygen atoms in total. The quantitative estimate of drug-likeness (QED) is 0.429. The molecule has 0 saturated carbocycles. The summed E-state index contributed by atoms with van der Waals surface area (Å²) in [6.07, 6.45) is -10.7. The Kier molecular flexibility index (Phi) is 2.93. The number of alkyl halides is 6. The van der Waals surface area contributed by atoms with Gasteiger partial charge in [-0.05, 0) is 0 Å². The normalized spacial score (nSPS) is 12.8. The molecule has 0 heterocycles. The Morgan fingerprint density at radius 2 is 0.722 bits per heavy atom. The lowest BCUT2D eigenvalue weighted by Crippen LogP contribution is -2.23. The average molecular weight is 274 g/mol. The van der Waals surface area contributed by atoms with Crippen LogP contribution in [0.1, 0.15) is 11.1 Å². The predicted octanol–water partition coefficient (Wildman–Crippen LogP) is 2.05. The fourth-order valence-electron chi connectivity index (χ4n) is 1.42. The summed E-state index contributed by atoms with van der Waals surface area (Å²) in [5.74, 6) is 0. The summed E-state index contributed by atoms with van der Waals surface area (Å²) in [5, 5.41) is 0. The molecule has 0 spiro atoms. The second kappa shape index (κ2) is 3.75. The van der Waals surface area contributed by atoms with Gasteiger partial charge in [0.25, 0.3) is 0 Å². The lowest BCUT2D eigenvalue weighted by Gasteiger charge is -2.22. The van der Waals surface area contributed by atoms with Crippen LogP contribution in [-0.4, -0.2) is 0 Å². The molecule has 1 rings (SSSR count). The Balaban J connectivity index is 3.89. The molecule has 0 aliphatic heterocycles. The summed E-state index contributed by atoms with van der Waals surface area (Å²) in [4.78, 5) is 0. The monoisotopic (exact) mass is 274 g/mol. The molecule has 0 radical (unpaired) electrons. The first kappa shape index (κ1) is 14.1. The number of anilines is 4. The Morgan fingerprint density at radius 3 is 0.889 bits per heavy atom. The van der Waals surface area contributed by atoms with Crippen LogP contribution in [0.2, 0.25) is 0 Å². The van der Waals surface area contributed by atoms with Crippen molar-refractivity contribution in [2.45, 2.75) is 12.4 Å². The van der Waals surface area contributed by atoms with E-state index in [0.29, 0.717) is 0 Å². The van der Waals surface area contributed by atoms with E-state index in [9.17, 15) is 26.3 Å². The molecule has 0 aliphatic rings. The van der Waals surface area contributed by atoms with Gasteiger partial charge in [0.2, 0.25) is 0 Å². The van der Waals surface area contributed by atoms with Gasteiger partial charge in [-0.3, -0.25) is 0 Å². The van der Waals surface area contributed by atoms with Gasteiger partial charge in [-0.15, -0.1) is 0 Å². The van der Waals surface area contributed by atoms with Crippen LogP contribution in [0.4, 0.5) is 49.1 Å². The lowest BCUT2D eigenvalue weighted by atomic mass is 9.99. The van der Waals surface area contributed by atoms with E-state index in [1.807, 2.05) is 0 Å². The largest absolute Gasteiger partial charge is 0.419 e. The summed E-state index contributed by atoms with van der Waals surface area (Å²) in [6, 6.07) is 0. The molecule has 0 fully saturated rings. The predicted molar refractivity (Wildman–Crippen MR) is 54.1 cm³/mol. The Morgan fingerprint density at radius 1 is 0.500 bits per heavy atom. The van der Waals surface area contributed by atoms with Crippen molar-refractivity contribution in [3.8, 4) is 0 Å². The summed E-state index contributed by atoms with van der Waals surface area (Å²) in [7, 11) is 0. The highest BCUT2D eigenvalue weighted by molar-refractivity contribution is 5.91. The van der Waals surface area contributed by atoms with Crippen molar-refractivity contribution in [1.29, 1.82) is 0 Å². The third-order valence-electron chi connectivity index (χ3n) is 2.23. The van der Waals surface area contributed by atoms with Crippen molar-refractivity contribution >= 4 is 22.7 Å². The summed E-state index contributed by atoms with van der Waals surface area (Å²) in [6.45, 7) is 0. The van der Waals surface area contributed by atoms with Gasteiger partial charge in [-0.1, -0.05) is 0 Å². The smallest absolute Gasteiger partial charge is 0.396 e. The number of nitrogens with two attached hydrogens (primary N) is 4. The minimum atomic E-state index is -5.36. The molecule has 0 bridgehead atoms. The van der Waals surface area contributed by atoms with Gasteiger partial charge in [-0.2, -0.15) is 26.3 Å². The first-order valence-electron chi connectivity index (χ1n) is 4.29. The zero-order valence-electron chi connectivity index (χ0n) is 8.58. The van der Waals surface area contributed by atoms with Crippen molar-refractivity contribution in [2.24, 2.45) is 0 Å². The molecule has 0 aliphatic carbocycles. The van der Waals surface area contributed by atoms with Gasteiger partial charge in [0.1, 0.15) is 0 Å². The summed E-state index contributed by atoms with van der Waals surface area (Å²) >= 11 is 0. The molecule has 0 amide bonds. The van der Waals surface area contributed by atoms with Crippen LogP contribution in [0, 0.1) is 0 Å². The molecule has 18 heavy (non-hydrogen) atoms. The van der Waals surface area contributed by atoms with Gasteiger partial charge in [0.15, 0.2) is 0 Å². The van der Waals surface area contributed by atoms with Gasteiger partial charge >= 0.3 is 12.4 Å². The van der Waals surface area contributed by atoms with E-state index in [2.05, 4.69) is 0 Å². The minimum Gasteiger partial charge on any atom is -0.396 e. The molecule has 0 atom stereocenters. The molecule has 8 N–H and O–H groups in total. The standard InChI is InChI=1S/C8H8F6N4/c9-7(10,11)1-2(8(12,13)14)4(16)6(18)5(17)3(1)15/h15-18H2. The van der Waals surface area contributed by atoms with Crippen LogP contribution >= 0.6 is 0 Å². The Bertz CT molecular complexity index is 445. The third-order valence-corrected chi connectivity index (χ3v) is 2.23. The number of nitrogen functional groups attached to an aromatic ring is 4. The van der Waals surface area contributed by atoms with E-state index >= 15 is 0 Å². The highest BCUT2D eigenvalue weighted by atomic mass is 19.4. The lowest BCUT2D eigenvalue weighted by molar-refractivity contribution is -0.161. The zero-order chi connectivity index (χ0) is 14.5. The maximum atomic E-state index is 12.6. The van der Waals surface area contributed by atoms with Crippen molar-refractivity contribution in [1.82, 2.24) is 0 Å². The molecule has 1 aromatic carbocycles. The van der Waals surface area contributed by atoms with Crippen LogP contribution in [0.5, 0.6) is 0 Å². The third kappa shape index (κ3) is 2.05. The van der Waals surface area contributed by atoms with Crippen LogP contribution in [0.3, 0.4) is 0 Å². The molecule has 1 aromatic rings. The van der Waals surface area contributed by atoms with Gasteiger partial charge in [0.05, 0.1) is 33.9 Å². The Hall–Kier alpha value is -2.00. The number of benzene rings is 1. The number of hydrogen-bond donors (Lipinski definition) is 4. The molecular formula is C8H8F6N4. The topological polar surface area (TPSA) is 104 Å². The number of hydrogen-bond acceptors (Lipinski definition) is 4. The van der Waals surface area contributed by atoms with Gasteiger partial charge < -0.3 is 22.9 Å². The molecule has 0 unspecified atom stereocenters. The van der Waals surface area contributed by atoms with E-state index < -0.39 is 46.2 Å². The van der Waals surface area contributed by atoms with Crippen LogP contribution in [0.25, 0.3) is 0 Å². The first-order valence-corrected chi connectivity index (χ1v) is 4.29. The second-order valence-corrected chi connectivity index (χ2v) is 3.40. The zero-order valence-corrected chi connectivity index (χ0v) is 8.58. The summed E-state index contributed by atoms with van der Waals surface area (Å²) < 4.78 is 75.6. The minimum absolute atomic E-state index is 0.826. The van der Waals surface area contributed by atoms with E-state index in [-0.39, 0.29) is 0 Å².